The lowest BCUT2D eigenvalue weighted by molar-refractivity contribution is -0.129. The third kappa shape index (κ3) is 6.52. The van der Waals surface area contributed by atoms with Crippen molar-refractivity contribution in [2.45, 2.75) is 20.5 Å². The van der Waals surface area contributed by atoms with Crippen molar-refractivity contribution in [1.82, 2.24) is 0 Å². The molecular formula is C27H22BrIN2O5. The van der Waals surface area contributed by atoms with Gasteiger partial charge in [0, 0.05) is 21.7 Å². The Morgan fingerprint density at radius 1 is 1.11 bits per heavy atom. The van der Waals surface area contributed by atoms with Crippen LogP contribution in [-0.2, 0) is 20.9 Å². The monoisotopic (exact) mass is 660 g/mol. The Bertz CT molecular complexity index is 1350. The number of carbonyl (C=O) groups is 2. The summed E-state index contributed by atoms with van der Waals surface area (Å²) in [5.41, 5.74) is 3.17. The van der Waals surface area contributed by atoms with E-state index in [9.17, 15) is 9.59 Å². The number of halogens is 2. The van der Waals surface area contributed by atoms with Gasteiger partial charge in [-0.05, 0) is 111 Å². The van der Waals surface area contributed by atoms with E-state index in [-0.39, 0.29) is 17.5 Å². The van der Waals surface area contributed by atoms with Crippen LogP contribution in [0, 0.1) is 3.57 Å². The molecule has 3 aromatic rings. The van der Waals surface area contributed by atoms with Crippen molar-refractivity contribution in [1.29, 1.82) is 0 Å². The molecule has 0 spiro atoms. The van der Waals surface area contributed by atoms with Crippen molar-refractivity contribution in [2.75, 3.05) is 11.9 Å². The SMILES string of the molecule is CCOc1cc(/C=C2\N=C(c3ccc(NC(C)=O)cc3)OC2=O)cc(Br)c1OCc1ccc(I)cc1. The third-order valence-electron chi connectivity index (χ3n) is 5.00. The Balaban J connectivity index is 1.56. The highest BCUT2D eigenvalue weighted by molar-refractivity contribution is 14.1. The Morgan fingerprint density at radius 3 is 2.50 bits per heavy atom. The molecule has 184 valence electrons. The molecule has 1 heterocycles. The molecule has 1 aliphatic heterocycles. The summed E-state index contributed by atoms with van der Waals surface area (Å²) in [5.74, 6) is 0.607. The predicted molar refractivity (Wildman–Crippen MR) is 150 cm³/mol. The van der Waals surface area contributed by atoms with Crippen LogP contribution in [-0.4, -0.2) is 24.4 Å². The second kappa shape index (κ2) is 11.7. The van der Waals surface area contributed by atoms with Gasteiger partial charge in [0.15, 0.2) is 17.2 Å². The molecule has 7 nitrogen and oxygen atoms in total. The van der Waals surface area contributed by atoms with E-state index >= 15 is 0 Å². The Kier molecular flexibility index (Phi) is 8.42. The van der Waals surface area contributed by atoms with Crippen molar-refractivity contribution in [2.24, 2.45) is 4.99 Å². The predicted octanol–water partition coefficient (Wildman–Crippen LogP) is 6.33. The van der Waals surface area contributed by atoms with Gasteiger partial charge >= 0.3 is 5.97 Å². The van der Waals surface area contributed by atoms with Gasteiger partial charge in [-0.2, -0.15) is 0 Å². The molecule has 0 bridgehead atoms. The lowest BCUT2D eigenvalue weighted by atomic mass is 10.1. The summed E-state index contributed by atoms with van der Waals surface area (Å²) in [6.45, 7) is 4.16. The lowest BCUT2D eigenvalue weighted by Crippen LogP contribution is -2.07. The van der Waals surface area contributed by atoms with Gasteiger partial charge in [-0.1, -0.05) is 12.1 Å². The van der Waals surface area contributed by atoms with Crippen LogP contribution >= 0.6 is 38.5 Å². The van der Waals surface area contributed by atoms with Crippen molar-refractivity contribution in [3.8, 4) is 11.5 Å². The number of ether oxygens (including phenoxy) is 3. The number of rotatable bonds is 8. The van der Waals surface area contributed by atoms with Crippen LogP contribution in [0.2, 0.25) is 0 Å². The first-order valence-corrected chi connectivity index (χ1v) is 12.9. The van der Waals surface area contributed by atoms with Crippen LogP contribution in [0.1, 0.15) is 30.5 Å². The molecule has 0 aliphatic carbocycles. The molecule has 0 radical (unpaired) electrons. The maximum Gasteiger partial charge on any atom is 0.363 e. The molecule has 9 heteroatoms. The average Bonchev–Trinajstić information content (AvgIpc) is 3.20. The molecular weight excluding hydrogens is 639 g/mol. The van der Waals surface area contributed by atoms with Gasteiger partial charge in [0.25, 0.3) is 0 Å². The minimum atomic E-state index is -0.552. The first-order valence-electron chi connectivity index (χ1n) is 11.1. The van der Waals surface area contributed by atoms with Crippen LogP contribution in [0.5, 0.6) is 11.5 Å². The maximum atomic E-state index is 12.5. The van der Waals surface area contributed by atoms with Crippen molar-refractivity contribution < 1.29 is 23.8 Å². The zero-order valence-electron chi connectivity index (χ0n) is 19.5. The number of hydrogen-bond donors (Lipinski definition) is 1. The largest absolute Gasteiger partial charge is 0.490 e. The topological polar surface area (TPSA) is 86.2 Å². The van der Waals surface area contributed by atoms with E-state index in [0.717, 1.165) is 9.13 Å². The molecule has 4 rings (SSSR count). The van der Waals surface area contributed by atoms with Gasteiger partial charge in [0.2, 0.25) is 11.8 Å². The molecule has 0 saturated carbocycles. The summed E-state index contributed by atoms with van der Waals surface area (Å²) >= 11 is 5.84. The standard InChI is InChI=1S/C27H22BrIN2O5/c1-3-34-24-14-18(12-22(28)25(24)35-15-17-4-8-20(29)9-5-17)13-23-27(33)36-26(31-23)19-6-10-21(11-7-19)30-16(2)32/h4-14H,3,15H2,1-2H3,(H,30,32)/b23-13-. The van der Waals surface area contributed by atoms with E-state index in [4.69, 9.17) is 14.2 Å². The van der Waals surface area contributed by atoms with Gasteiger partial charge in [-0.25, -0.2) is 9.79 Å². The van der Waals surface area contributed by atoms with Gasteiger partial charge in [-0.3, -0.25) is 4.79 Å². The van der Waals surface area contributed by atoms with Gasteiger partial charge in [0.1, 0.15) is 6.61 Å². The number of amides is 1. The van der Waals surface area contributed by atoms with E-state index in [2.05, 4.69) is 48.8 Å². The number of nitrogens with one attached hydrogen (secondary N) is 1. The Labute approximate surface area is 230 Å². The molecule has 0 unspecified atom stereocenters. The van der Waals surface area contributed by atoms with Crippen molar-refractivity contribution in [3.05, 3.63) is 91.1 Å². The first kappa shape index (κ1) is 25.9. The fraction of sp³-hybridized carbons (Fsp3) is 0.148. The normalized spacial score (nSPS) is 13.8. The van der Waals surface area contributed by atoms with Crippen LogP contribution in [0.25, 0.3) is 6.08 Å². The quantitative estimate of drug-likeness (QED) is 0.173. The molecule has 1 N–H and O–H groups in total. The van der Waals surface area contributed by atoms with Crippen LogP contribution in [0.15, 0.2) is 75.8 Å². The molecule has 1 aliphatic rings. The van der Waals surface area contributed by atoms with Crippen molar-refractivity contribution in [3.63, 3.8) is 0 Å². The Hall–Kier alpha value is -3.18. The van der Waals surface area contributed by atoms with Crippen LogP contribution < -0.4 is 14.8 Å². The summed E-state index contributed by atoms with van der Waals surface area (Å²) in [4.78, 5) is 28.1. The zero-order chi connectivity index (χ0) is 25.7. The summed E-state index contributed by atoms with van der Waals surface area (Å²) in [6.07, 6.45) is 1.64. The molecule has 0 fully saturated rings. The van der Waals surface area contributed by atoms with E-state index in [1.54, 1.807) is 36.4 Å². The number of carbonyl (C=O) groups excluding carboxylic acids is 2. The molecule has 1 amide bonds. The number of cyclic esters (lactones) is 1. The number of hydrogen-bond acceptors (Lipinski definition) is 6. The highest BCUT2D eigenvalue weighted by Crippen LogP contribution is 2.38. The number of nitrogens with zero attached hydrogens (tertiary/aromatic N) is 1. The highest BCUT2D eigenvalue weighted by atomic mass is 127. The Morgan fingerprint density at radius 2 is 1.83 bits per heavy atom. The fourth-order valence-corrected chi connectivity index (χ4v) is 4.33. The van der Waals surface area contributed by atoms with E-state index in [1.165, 1.54) is 6.92 Å². The van der Waals surface area contributed by atoms with Crippen LogP contribution in [0.4, 0.5) is 5.69 Å². The zero-order valence-corrected chi connectivity index (χ0v) is 23.3. The third-order valence-corrected chi connectivity index (χ3v) is 6.31. The summed E-state index contributed by atoms with van der Waals surface area (Å²) in [5, 5.41) is 2.69. The minimum Gasteiger partial charge on any atom is -0.490 e. The van der Waals surface area contributed by atoms with Crippen LogP contribution in [0.3, 0.4) is 0 Å². The fourth-order valence-electron chi connectivity index (χ4n) is 3.40. The number of anilines is 1. The molecule has 0 atom stereocenters. The second-order valence-corrected chi connectivity index (χ2v) is 9.87. The average molecular weight is 661 g/mol. The van der Waals surface area contributed by atoms with E-state index in [0.29, 0.717) is 46.0 Å². The van der Waals surface area contributed by atoms with Gasteiger partial charge in [0.05, 0.1) is 11.1 Å². The summed E-state index contributed by atoms with van der Waals surface area (Å²) in [7, 11) is 0. The molecule has 3 aromatic carbocycles. The lowest BCUT2D eigenvalue weighted by Gasteiger charge is -2.15. The van der Waals surface area contributed by atoms with Gasteiger partial charge in [-0.15, -0.1) is 0 Å². The smallest absolute Gasteiger partial charge is 0.363 e. The highest BCUT2D eigenvalue weighted by Gasteiger charge is 2.24. The van der Waals surface area contributed by atoms with E-state index in [1.807, 2.05) is 37.3 Å². The number of aliphatic imine (C=N–C) groups is 1. The number of esters is 1. The second-order valence-electron chi connectivity index (χ2n) is 7.77. The van der Waals surface area contributed by atoms with Crippen molar-refractivity contribution >= 4 is 68.1 Å². The minimum absolute atomic E-state index is 0.165. The van der Waals surface area contributed by atoms with E-state index < -0.39 is 5.97 Å². The molecule has 36 heavy (non-hydrogen) atoms. The summed E-state index contributed by atoms with van der Waals surface area (Å²) in [6, 6.07) is 18.6. The maximum absolute atomic E-state index is 12.5. The molecule has 0 aromatic heterocycles. The first-order chi connectivity index (χ1) is 17.3. The number of benzene rings is 3. The molecule has 0 saturated heterocycles. The van der Waals surface area contributed by atoms with Gasteiger partial charge < -0.3 is 19.5 Å². The summed E-state index contributed by atoms with van der Waals surface area (Å²) < 4.78 is 19.1.